The minimum absolute atomic E-state index is 0.00523. The van der Waals surface area contributed by atoms with Crippen molar-refractivity contribution >= 4 is 22.1 Å². The van der Waals surface area contributed by atoms with Crippen LogP contribution in [-0.2, 0) is 35.3 Å². The van der Waals surface area contributed by atoms with E-state index in [4.69, 9.17) is 4.74 Å². The number of ether oxygens (including phenoxy) is 2. The van der Waals surface area contributed by atoms with E-state index in [-0.39, 0.29) is 34.2 Å². The van der Waals surface area contributed by atoms with Crippen LogP contribution in [0.5, 0.6) is 0 Å². The second kappa shape index (κ2) is 14.5. The molecule has 1 N–H and O–H groups in total. The van der Waals surface area contributed by atoms with Gasteiger partial charge >= 0.3 is 18.2 Å². The molecule has 44 heavy (non-hydrogen) atoms. The van der Waals surface area contributed by atoms with Gasteiger partial charge in [-0.3, -0.25) is 4.79 Å². The van der Waals surface area contributed by atoms with Crippen molar-refractivity contribution < 1.29 is 50.5 Å². The first-order chi connectivity index (χ1) is 20.7. The number of nitrogens with one attached hydrogen (secondary N) is 1. The highest BCUT2D eigenvalue weighted by atomic mass is 32.2. The van der Waals surface area contributed by atoms with Gasteiger partial charge in [-0.2, -0.15) is 18.3 Å². The predicted octanol–water partition coefficient (Wildman–Crippen LogP) is 4.32. The van der Waals surface area contributed by atoms with Crippen molar-refractivity contribution in [1.29, 1.82) is 0 Å². The molecule has 14 nitrogen and oxygen atoms in total. The van der Waals surface area contributed by atoms with Crippen LogP contribution in [0.25, 0.3) is 16.9 Å². The first-order valence-electron chi connectivity index (χ1n) is 12.9. The summed E-state index contributed by atoms with van der Waals surface area (Å²) in [5, 5.41) is 19.5. The Morgan fingerprint density at radius 1 is 1.11 bits per heavy atom. The SMILES string of the molecule is CCCC(=O)OCO/N=[N+](\[O-])N(C)CCOC(=O)NS(=O)(=O)c1ccc(-n2nc(C(F)(F)F)cc2-c2ccc(C)cc2)cc1. The van der Waals surface area contributed by atoms with Gasteiger partial charge < -0.3 is 19.5 Å². The fourth-order valence-electron chi connectivity index (χ4n) is 3.47. The first kappa shape index (κ1) is 33.6. The quantitative estimate of drug-likeness (QED) is 0.0708. The minimum atomic E-state index is -4.72. The van der Waals surface area contributed by atoms with Crippen molar-refractivity contribution in [2.24, 2.45) is 5.28 Å². The molecule has 0 atom stereocenters. The Kier molecular flexibility index (Phi) is 11.1. The van der Waals surface area contributed by atoms with Crippen molar-refractivity contribution in [2.75, 3.05) is 27.0 Å². The smallest absolute Gasteiger partial charge is 0.435 e. The summed E-state index contributed by atoms with van der Waals surface area (Å²) in [5.74, 6) is -0.525. The summed E-state index contributed by atoms with van der Waals surface area (Å²) in [4.78, 5) is 27.5. The van der Waals surface area contributed by atoms with Gasteiger partial charge in [0.25, 0.3) is 16.8 Å². The lowest BCUT2D eigenvalue weighted by atomic mass is 10.1. The maximum atomic E-state index is 13.4. The van der Waals surface area contributed by atoms with Crippen molar-refractivity contribution in [2.45, 2.75) is 37.8 Å². The number of benzene rings is 2. The highest BCUT2D eigenvalue weighted by molar-refractivity contribution is 7.90. The number of hydrogen-bond acceptors (Lipinski definition) is 10. The maximum absolute atomic E-state index is 13.4. The number of likely N-dealkylation sites (N-methyl/N-ethyl adjacent to an activating group) is 1. The van der Waals surface area contributed by atoms with E-state index in [0.29, 0.717) is 12.0 Å². The van der Waals surface area contributed by atoms with E-state index in [1.54, 1.807) is 35.9 Å². The molecule has 0 radical (unpaired) electrons. The molecule has 1 amide bonds. The monoisotopic (exact) mass is 642 g/mol. The molecule has 0 aliphatic rings. The molecule has 238 valence electrons. The standard InChI is InChI=1S/C26H29F3N6O8S/c1-4-5-24(36)42-17-43-32-35(38)33(3)14-15-41-25(37)31-44(39,40)21-12-10-20(11-13-21)34-22(16-23(30-34)26(27,28)29)19-8-6-18(2)7-9-19/h6-13,16H,4-5,14-15,17H2,1-3H3,(H,31,37)/b35-32-. The lowest BCUT2D eigenvalue weighted by molar-refractivity contribution is -0.706. The minimum Gasteiger partial charge on any atom is -0.569 e. The van der Waals surface area contributed by atoms with E-state index < -0.39 is 47.4 Å². The topological polar surface area (TPSA) is 167 Å². The zero-order valence-electron chi connectivity index (χ0n) is 23.8. The lowest BCUT2D eigenvalue weighted by Crippen LogP contribution is -2.35. The Morgan fingerprint density at radius 3 is 2.39 bits per heavy atom. The highest BCUT2D eigenvalue weighted by Gasteiger charge is 2.35. The second-order valence-corrected chi connectivity index (χ2v) is 10.8. The van der Waals surface area contributed by atoms with Gasteiger partial charge in [-0.1, -0.05) is 36.8 Å². The molecular formula is C26H29F3N6O8S. The van der Waals surface area contributed by atoms with Crippen molar-refractivity contribution in [1.82, 2.24) is 19.5 Å². The molecule has 3 rings (SSSR count). The van der Waals surface area contributed by atoms with Gasteiger partial charge in [0.05, 0.1) is 28.3 Å². The average Bonchev–Trinajstić information content (AvgIpc) is 3.42. The molecule has 0 unspecified atom stereocenters. The summed E-state index contributed by atoms with van der Waals surface area (Å²) < 4.78 is 77.9. The van der Waals surface area contributed by atoms with E-state index in [9.17, 15) is 36.4 Å². The molecule has 18 heteroatoms. The third kappa shape index (κ3) is 9.32. The summed E-state index contributed by atoms with van der Waals surface area (Å²) in [6.07, 6.45) is -5.31. The van der Waals surface area contributed by atoms with Crippen LogP contribution in [-0.4, -0.2) is 67.2 Å². The molecule has 1 aromatic heterocycles. The molecule has 0 fully saturated rings. The molecule has 0 saturated heterocycles. The van der Waals surface area contributed by atoms with Gasteiger partial charge in [0.2, 0.25) is 5.28 Å². The molecule has 0 aliphatic carbocycles. The molecule has 0 aliphatic heterocycles. The maximum Gasteiger partial charge on any atom is 0.435 e. The van der Waals surface area contributed by atoms with Crippen molar-refractivity contribution in [3.63, 3.8) is 0 Å². The van der Waals surface area contributed by atoms with Crippen molar-refractivity contribution in [3.05, 3.63) is 71.1 Å². The lowest BCUT2D eigenvalue weighted by Gasteiger charge is -2.13. The first-order valence-corrected chi connectivity index (χ1v) is 14.4. The third-order valence-corrected chi connectivity index (χ3v) is 7.08. The van der Waals surface area contributed by atoms with Crippen LogP contribution >= 0.6 is 0 Å². The Bertz CT molecular complexity index is 1580. The summed E-state index contributed by atoms with van der Waals surface area (Å²) >= 11 is 0. The number of nitrogens with zero attached hydrogens (tertiary/aromatic N) is 5. The Labute approximate surface area is 250 Å². The number of alkyl halides is 3. The largest absolute Gasteiger partial charge is 0.569 e. The number of carbonyl (C=O) groups excluding carboxylic acids is 2. The number of halogens is 3. The van der Waals surface area contributed by atoms with Crippen molar-refractivity contribution in [3.8, 4) is 16.9 Å². The molecule has 2 aromatic carbocycles. The molecule has 3 aromatic rings. The third-order valence-electron chi connectivity index (χ3n) is 5.75. The summed E-state index contributed by atoms with van der Waals surface area (Å²) in [5.41, 5.74) is 0.496. The van der Waals surface area contributed by atoms with Crippen LogP contribution in [0.3, 0.4) is 0 Å². The van der Waals surface area contributed by atoms with Crippen LogP contribution in [0.1, 0.15) is 31.0 Å². The summed E-state index contributed by atoms with van der Waals surface area (Å²) in [7, 11) is -3.17. The van der Waals surface area contributed by atoms with Gasteiger partial charge in [-0.25, -0.2) is 22.6 Å². The summed E-state index contributed by atoms with van der Waals surface area (Å²) in [6.45, 7) is 2.38. The molecular weight excluding hydrogens is 613 g/mol. The molecule has 0 spiro atoms. The number of rotatable bonds is 13. The Hall–Kier alpha value is -4.87. The van der Waals surface area contributed by atoms with E-state index in [1.807, 2.05) is 6.92 Å². The number of esters is 1. The number of amides is 1. The highest BCUT2D eigenvalue weighted by Crippen LogP contribution is 2.33. The Balaban J connectivity index is 1.60. The molecule has 1 heterocycles. The van der Waals surface area contributed by atoms with Gasteiger partial charge in [0, 0.05) is 12.0 Å². The van der Waals surface area contributed by atoms with Gasteiger partial charge in [0.15, 0.2) is 5.69 Å². The fraction of sp³-hybridized carbons (Fsp3) is 0.346. The van der Waals surface area contributed by atoms with E-state index in [0.717, 1.165) is 33.5 Å². The number of sulfonamides is 1. The molecule has 0 bridgehead atoms. The van der Waals surface area contributed by atoms with Crippen LogP contribution in [0.15, 0.2) is 64.8 Å². The number of aryl methyl sites for hydroxylation is 1. The zero-order chi connectivity index (χ0) is 32.5. The summed E-state index contributed by atoms with van der Waals surface area (Å²) in [6, 6.07) is 12.3. The van der Waals surface area contributed by atoms with Gasteiger partial charge in [-0.05, 0) is 43.7 Å². The van der Waals surface area contributed by atoms with Crippen LogP contribution < -0.4 is 4.72 Å². The predicted molar refractivity (Wildman–Crippen MR) is 146 cm³/mol. The number of hydrogen-bond donors (Lipinski definition) is 1. The fourth-order valence-corrected chi connectivity index (χ4v) is 4.36. The van der Waals surface area contributed by atoms with Crippen LogP contribution in [0.4, 0.5) is 18.0 Å². The van der Waals surface area contributed by atoms with E-state index >= 15 is 0 Å². The van der Waals surface area contributed by atoms with Gasteiger partial charge in [-0.15, -0.1) is 5.01 Å². The molecule has 0 saturated carbocycles. The number of aromatic nitrogens is 2. The normalized spacial score (nSPS) is 12.0. The van der Waals surface area contributed by atoms with Gasteiger partial charge in [0.1, 0.15) is 13.2 Å². The van der Waals surface area contributed by atoms with Crippen LogP contribution in [0.2, 0.25) is 0 Å². The van der Waals surface area contributed by atoms with E-state index in [2.05, 4.69) is 20.0 Å². The Morgan fingerprint density at radius 2 is 1.77 bits per heavy atom. The average molecular weight is 643 g/mol. The zero-order valence-corrected chi connectivity index (χ0v) is 24.6. The second-order valence-electron chi connectivity index (χ2n) is 9.15. The number of hydrazine groups is 1. The van der Waals surface area contributed by atoms with Crippen LogP contribution in [0, 0.1) is 12.1 Å². The van der Waals surface area contributed by atoms with E-state index in [1.165, 1.54) is 19.2 Å². The number of carbonyl (C=O) groups is 2.